The van der Waals surface area contributed by atoms with Crippen molar-refractivity contribution in [2.75, 3.05) is 70.3 Å². The molecule has 0 unspecified atom stereocenters. The van der Waals surface area contributed by atoms with Crippen LogP contribution in [0.2, 0.25) is 0 Å². The van der Waals surface area contributed by atoms with Gasteiger partial charge in [-0.2, -0.15) is 0 Å². The number of nitrogens with one attached hydrogen (secondary N) is 4. The topological polar surface area (TPSA) is 129 Å². The number of carboxylic acids is 1. The molecule has 0 spiro atoms. The van der Waals surface area contributed by atoms with E-state index < -0.39 is 12.6 Å². The number of ether oxygens (including phenoxy) is 2. The van der Waals surface area contributed by atoms with Crippen LogP contribution in [0.3, 0.4) is 0 Å². The van der Waals surface area contributed by atoms with Crippen LogP contribution in [0.15, 0.2) is 30.7 Å². The Morgan fingerprint density at radius 3 is 2.97 bits per heavy atom. The molecule has 11 nitrogen and oxygen atoms in total. The summed E-state index contributed by atoms with van der Waals surface area (Å²) < 4.78 is 11.1. The predicted molar refractivity (Wildman–Crippen MR) is 133 cm³/mol. The van der Waals surface area contributed by atoms with E-state index in [0.717, 1.165) is 67.1 Å². The van der Waals surface area contributed by atoms with Gasteiger partial charge in [-0.3, -0.25) is 4.98 Å². The van der Waals surface area contributed by atoms with Crippen LogP contribution in [-0.4, -0.2) is 86.0 Å². The van der Waals surface area contributed by atoms with Crippen molar-refractivity contribution in [3.05, 3.63) is 36.3 Å². The fourth-order valence-electron chi connectivity index (χ4n) is 4.24. The molecule has 3 heterocycles. The Labute approximate surface area is 204 Å². The molecule has 0 atom stereocenters. The largest absolute Gasteiger partial charge is 0.480 e. The number of rotatable bonds is 12. The van der Waals surface area contributed by atoms with E-state index >= 15 is 0 Å². The maximum Gasteiger partial charge on any atom is 0.341 e. The fourth-order valence-corrected chi connectivity index (χ4v) is 4.24. The van der Waals surface area contributed by atoms with Crippen molar-refractivity contribution in [3.63, 3.8) is 0 Å². The van der Waals surface area contributed by atoms with Crippen molar-refractivity contribution in [2.45, 2.75) is 13.0 Å². The van der Waals surface area contributed by atoms with Crippen molar-refractivity contribution >= 4 is 34.2 Å². The van der Waals surface area contributed by atoms with E-state index in [9.17, 15) is 4.79 Å². The molecule has 0 radical (unpaired) electrons. The quantitative estimate of drug-likeness (QED) is 0.282. The van der Waals surface area contributed by atoms with Crippen molar-refractivity contribution in [1.82, 2.24) is 20.2 Å². The summed E-state index contributed by atoms with van der Waals surface area (Å²) >= 11 is 0. The second kappa shape index (κ2) is 11.8. The molecule has 1 aliphatic heterocycles. The standard InChI is InChI=1S/C24H33N7O4/c1-25-6-3-7-30(2)14-17-13-26-23-22(17)24(28-16-27-23)29-18-4-5-19(31-8-10-34-11-9-31)20(12-18)35-15-21(32)33/h4-5,12-13,16,25H,3,6-11,14-15H2,1-2H3,(H,32,33)(H2,26,27,28,29)/p+1. The highest BCUT2D eigenvalue weighted by Crippen LogP contribution is 2.34. The average Bonchev–Trinajstić information content (AvgIpc) is 3.27. The molecule has 1 fully saturated rings. The molecule has 11 heteroatoms. The molecule has 1 aromatic carbocycles. The third-order valence-corrected chi connectivity index (χ3v) is 5.93. The molecule has 1 aliphatic rings. The van der Waals surface area contributed by atoms with E-state index in [1.165, 1.54) is 0 Å². The molecule has 1 saturated heterocycles. The summed E-state index contributed by atoms with van der Waals surface area (Å²) in [4.78, 5) is 26.6. The van der Waals surface area contributed by atoms with Crippen LogP contribution >= 0.6 is 0 Å². The van der Waals surface area contributed by atoms with Crippen LogP contribution in [0.25, 0.3) is 11.0 Å². The number of aliphatic carboxylic acids is 1. The molecule has 2 aromatic heterocycles. The number of H-pyrrole nitrogens is 2. The molecule has 35 heavy (non-hydrogen) atoms. The first-order valence-corrected chi connectivity index (χ1v) is 11.8. The zero-order valence-corrected chi connectivity index (χ0v) is 20.3. The molecular weight excluding hydrogens is 450 g/mol. The van der Waals surface area contributed by atoms with Gasteiger partial charge in [-0.25, -0.2) is 9.78 Å². The number of anilines is 3. The molecule has 4 rings (SSSR count). The maximum atomic E-state index is 11.2. The van der Waals surface area contributed by atoms with Crippen LogP contribution in [0, 0.1) is 0 Å². The Balaban J connectivity index is 1.58. The number of benzene rings is 1. The highest BCUT2D eigenvalue weighted by molar-refractivity contribution is 5.90. The van der Waals surface area contributed by atoms with Crippen molar-refractivity contribution in [1.29, 1.82) is 0 Å². The van der Waals surface area contributed by atoms with Crippen LogP contribution in [0.4, 0.5) is 17.2 Å². The van der Waals surface area contributed by atoms with Gasteiger partial charge in [0.05, 0.1) is 25.1 Å². The number of morpholine rings is 1. The Morgan fingerprint density at radius 1 is 1.37 bits per heavy atom. The van der Waals surface area contributed by atoms with Crippen molar-refractivity contribution in [3.8, 4) is 5.75 Å². The summed E-state index contributed by atoms with van der Waals surface area (Å²) in [6.45, 7) is 5.02. The number of nitrogens with zero attached hydrogens (tertiary/aromatic N) is 3. The first-order valence-electron chi connectivity index (χ1n) is 11.8. The zero-order chi connectivity index (χ0) is 24.6. The fraction of sp³-hybridized carbons (Fsp3) is 0.458. The van der Waals surface area contributed by atoms with Crippen LogP contribution in [0.1, 0.15) is 12.0 Å². The second-order valence-corrected chi connectivity index (χ2v) is 8.60. The third-order valence-electron chi connectivity index (χ3n) is 5.93. The molecule has 0 saturated carbocycles. The monoisotopic (exact) mass is 484 g/mol. The van der Waals surface area contributed by atoms with E-state index in [0.29, 0.717) is 24.8 Å². The minimum absolute atomic E-state index is 0.411. The Morgan fingerprint density at radius 2 is 2.20 bits per heavy atom. The average molecular weight is 485 g/mol. The van der Waals surface area contributed by atoms with Gasteiger partial charge in [0.1, 0.15) is 11.1 Å². The SMILES string of the molecule is CNCCCN(C)Cc1c[nH]c2[nH+]cnc(Nc3ccc(N4CCOCC4)c(OCC(=O)O)c3)c12. The predicted octanol–water partition coefficient (Wildman–Crippen LogP) is 1.46. The first-order chi connectivity index (χ1) is 17.0. The number of aromatic nitrogens is 3. The van der Waals surface area contributed by atoms with Crippen molar-refractivity contribution < 1.29 is 24.4 Å². The van der Waals surface area contributed by atoms with E-state index in [-0.39, 0.29) is 0 Å². The summed E-state index contributed by atoms with van der Waals surface area (Å²) in [5.74, 6) is 0.201. The normalized spacial score (nSPS) is 14.0. The smallest absolute Gasteiger partial charge is 0.341 e. The lowest BCUT2D eigenvalue weighted by atomic mass is 10.2. The summed E-state index contributed by atoms with van der Waals surface area (Å²) in [5, 5.41) is 16.7. The second-order valence-electron chi connectivity index (χ2n) is 8.60. The lowest BCUT2D eigenvalue weighted by Crippen LogP contribution is -2.36. The van der Waals surface area contributed by atoms with Gasteiger partial charge in [-0.15, -0.1) is 0 Å². The van der Waals surface area contributed by atoms with Crippen LogP contribution in [-0.2, 0) is 16.1 Å². The van der Waals surface area contributed by atoms with Gasteiger partial charge in [0.25, 0.3) is 0 Å². The van der Waals surface area contributed by atoms with Gasteiger partial charge in [0.15, 0.2) is 6.61 Å². The molecule has 188 valence electrons. The number of carboxylic acid groups (broad SMARTS) is 1. The number of carbonyl (C=O) groups is 1. The van der Waals surface area contributed by atoms with E-state index in [4.69, 9.17) is 14.6 Å². The van der Waals surface area contributed by atoms with E-state index in [2.05, 4.69) is 42.4 Å². The number of hydrogen-bond donors (Lipinski definition) is 4. The third kappa shape index (κ3) is 6.38. The summed E-state index contributed by atoms with van der Waals surface area (Å²) in [7, 11) is 4.07. The molecule has 0 aliphatic carbocycles. The van der Waals surface area contributed by atoms with E-state index in [1.54, 1.807) is 6.33 Å². The minimum atomic E-state index is -1.02. The Bertz CT molecular complexity index is 1130. The lowest BCUT2D eigenvalue weighted by Gasteiger charge is -2.30. The minimum Gasteiger partial charge on any atom is -0.480 e. The van der Waals surface area contributed by atoms with Gasteiger partial charge in [-0.1, -0.05) is 4.98 Å². The number of aromatic amines is 2. The summed E-state index contributed by atoms with van der Waals surface area (Å²) in [6.07, 6.45) is 4.72. The first kappa shape index (κ1) is 24.7. The number of hydrogen-bond acceptors (Lipinski definition) is 8. The zero-order valence-electron chi connectivity index (χ0n) is 20.3. The van der Waals surface area contributed by atoms with Gasteiger partial charge in [-0.05, 0) is 45.7 Å². The molecule has 0 amide bonds. The lowest BCUT2D eigenvalue weighted by molar-refractivity contribution is -0.352. The highest BCUT2D eigenvalue weighted by Gasteiger charge is 2.20. The molecular formula is C24H34N7O4+. The van der Waals surface area contributed by atoms with Crippen LogP contribution in [0.5, 0.6) is 5.75 Å². The highest BCUT2D eigenvalue weighted by atomic mass is 16.5. The summed E-state index contributed by atoms with van der Waals surface area (Å²) in [5.41, 5.74) is 3.63. The Hall–Kier alpha value is -3.41. The summed E-state index contributed by atoms with van der Waals surface area (Å²) in [6, 6.07) is 5.73. The van der Waals surface area contributed by atoms with Gasteiger partial charge < -0.3 is 35.0 Å². The maximum absolute atomic E-state index is 11.2. The Kier molecular flexibility index (Phi) is 8.35. The molecule has 5 N–H and O–H groups in total. The molecule has 0 bridgehead atoms. The van der Waals surface area contributed by atoms with Crippen molar-refractivity contribution in [2.24, 2.45) is 0 Å². The molecule has 3 aromatic rings. The van der Waals surface area contributed by atoms with Gasteiger partial charge >= 0.3 is 5.97 Å². The van der Waals surface area contributed by atoms with Crippen LogP contribution < -0.4 is 25.3 Å². The number of fused-ring (bicyclic) bond motifs is 1. The van der Waals surface area contributed by atoms with Gasteiger partial charge in [0.2, 0.25) is 17.8 Å². The van der Waals surface area contributed by atoms with Gasteiger partial charge in [0, 0.05) is 37.0 Å². The van der Waals surface area contributed by atoms with E-state index in [1.807, 2.05) is 31.4 Å².